The van der Waals surface area contributed by atoms with Gasteiger partial charge in [0.15, 0.2) is 5.96 Å². The van der Waals surface area contributed by atoms with E-state index < -0.39 is 0 Å². The number of hydrogen-bond acceptors (Lipinski definition) is 4. The van der Waals surface area contributed by atoms with Gasteiger partial charge in [-0.05, 0) is 24.0 Å². The van der Waals surface area contributed by atoms with E-state index in [-0.39, 0.29) is 24.0 Å². The summed E-state index contributed by atoms with van der Waals surface area (Å²) >= 11 is 0. The predicted molar refractivity (Wildman–Crippen MR) is 135 cm³/mol. The molecule has 3 rings (SSSR count). The zero-order valence-electron chi connectivity index (χ0n) is 19.0. The molecule has 0 spiro atoms. The van der Waals surface area contributed by atoms with Crippen LogP contribution in [0.4, 0.5) is 0 Å². The fourth-order valence-electron chi connectivity index (χ4n) is 3.46. The summed E-state index contributed by atoms with van der Waals surface area (Å²) in [5.41, 5.74) is 4.72. The van der Waals surface area contributed by atoms with Crippen LogP contribution in [0, 0.1) is 0 Å². The Balaban J connectivity index is 0.00000341. The summed E-state index contributed by atoms with van der Waals surface area (Å²) in [7, 11) is 4.04. The maximum Gasteiger partial charge on any atom is 0.194 e. The van der Waals surface area contributed by atoms with Crippen LogP contribution in [-0.4, -0.2) is 49.0 Å². The van der Waals surface area contributed by atoms with Crippen molar-refractivity contribution in [2.75, 3.05) is 13.6 Å². The molecule has 168 valence electrons. The highest BCUT2D eigenvalue weighted by atomic mass is 127. The van der Waals surface area contributed by atoms with Crippen molar-refractivity contribution < 1.29 is 0 Å². The molecule has 0 amide bonds. The van der Waals surface area contributed by atoms with Crippen molar-refractivity contribution in [3.63, 3.8) is 0 Å². The van der Waals surface area contributed by atoms with Gasteiger partial charge in [0.1, 0.15) is 12.7 Å². The van der Waals surface area contributed by atoms with Gasteiger partial charge in [-0.25, -0.2) is 14.7 Å². The molecule has 0 aliphatic heterocycles. The third-order valence-electron chi connectivity index (χ3n) is 4.80. The largest absolute Gasteiger partial charge is 0.357 e. The van der Waals surface area contributed by atoms with Crippen LogP contribution in [0.1, 0.15) is 49.1 Å². The second-order valence-corrected chi connectivity index (χ2v) is 7.81. The van der Waals surface area contributed by atoms with E-state index in [2.05, 4.69) is 83.7 Å². The van der Waals surface area contributed by atoms with Crippen molar-refractivity contribution in [3.8, 4) is 0 Å². The first kappa shape index (κ1) is 24.8. The number of benzene rings is 1. The van der Waals surface area contributed by atoms with E-state index in [9.17, 15) is 0 Å². The van der Waals surface area contributed by atoms with Gasteiger partial charge in [0.2, 0.25) is 0 Å². The van der Waals surface area contributed by atoms with Crippen LogP contribution < -0.4 is 5.32 Å². The summed E-state index contributed by atoms with van der Waals surface area (Å²) < 4.78 is 3.71. The molecule has 3 aromatic rings. The molecule has 0 unspecified atom stereocenters. The molecule has 0 aliphatic rings. The molecule has 0 fully saturated rings. The lowest BCUT2D eigenvalue weighted by Gasteiger charge is -2.22. The van der Waals surface area contributed by atoms with E-state index >= 15 is 0 Å². The van der Waals surface area contributed by atoms with Crippen LogP contribution in [0.5, 0.6) is 0 Å². The van der Waals surface area contributed by atoms with Crippen LogP contribution >= 0.6 is 24.0 Å². The normalized spacial score (nSPS) is 11.5. The van der Waals surface area contributed by atoms with Crippen molar-refractivity contribution in [1.82, 2.24) is 34.8 Å². The Hall–Kier alpha value is -2.43. The average molecular weight is 536 g/mol. The van der Waals surface area contributed by atoms with Crippen LogP contribution in [0.3, 0.4) is 0 Å². The Kier molecular flexibility index (Phi) is 9.47. The highest BCUT2D eigenvalue weighted by Crippen LogP contribution is 2.18. The quantitative estimate of drug-likeness (QED) is 0.272. The molecular weight excluding hydrogens is 503 g/mol. The number of aryl methyl sites for hydroxylation is 1. The second kappa shape index (κ2) is 11.8. The van der Waals surface area contributed by atoms with Gasteiger partial charge >= 0.3 is 0 Å². The number of hydrogen-bond donors (Lipinski definition) is 1. The third-order valence-corrected chi connectivity index (χ3v) is 4.80. The number of guanidine groups is 1. The first-order valence-corrected chi connectivity index (χ1v) is 10.4. The van der Waals surface area contributed by atoms with E-state index in [1.54, 1.807) is 12.7 Å². The Morgan fingerprint density at radius 1 is 1.26 bits per heavy atom. The molecule has 0 saturated heterocycles. The van der Waals surface area contributed by atoms with Crippen molar-refractivity contribution in [3.05, 3.63) is 65.5 Å². The summed E-state index contributed by atoms with van der Waals surface area (Å²) in [5, 5.41) is 12.2. The highest BCUT2D eigenvalue weighted by Gasteiger charge is 2.15. The van der Waals surface area contributed by atoms with E-state index in [4.69, 9.17) is 4.99 Å². The Morgan fingerprint density at radius 3 is 2.71 bits per heavy atom. The number of aromatic nitrogens is 5. The van der Waals surface area contributed by atoms with Crippen molar-refractivity contribution >= 4 is 29.9 Å². The van der Waals surface area contributed by atoms with Gasteiger partial charge in [-0.1, -0.05) is 38.1 Å². The maximum absolute atomic E-state index is 4.87. The standard InChI is InChI=1S/C22H32N8.HI/c1-6-24-22(28(4)13-20-14-29(5)27-21(20)17(2)3)25-11-18-8-7-9-19(10-18)12-30-16-23-15-26-30;/h7-10,14-17H,6,11-13H2,1-5H3,(H,24,25);1H. The second-order valence-electron chi connectivity index (χ2n) is 7.81. The highest BCUT2D eigenvalue weighted by molar-refractivity contribution is 14.0. The molecule has 8 nitrogen and oxygen atoms in total. The number of nitrogens with zero attached hydrogens (tertiary/aromatic N) is 7. The van der Waals surface area contributed by atoms with Crippen LogP contribution in [0.2, 0.25) is 0 Å². The molecule has 2 aromatic heterocycles. The zero-order chi connectivity index (χ0) is 21.5. The minimum atomic E-state index is 0. The van der Waals surface area contributed by atoms with E-state index in [0.717, 1.165) is 24.7 Å². The first-order chi connectivity index (χ1) is 14.5. The van der Waals surface area contributed by atoms with Crippen LogP contribution in [0.25, 0.3) is 0 Å². The van der Waals surface area contributed by atoms with Crippen molar-refractivity contribution in [2.45, 2.75) is 46.3 Å². The molecule has 0 aliphatic carbocycles. The van der Waals surface area contributed by atoms with E-state index in [0.29, 0.717) is 19.0 Å². The molecule has 0 saturated carbocycles. The molecule has 2 heterocycles. The summed E-state index contributed by atoms with van der Waals surface area (Å²) in [6, 6.07) is 8.45. The maximum atomic E-state index is 4.87. The number of rotatable bonds is 8. The molecule has 0 radical (unpaired) electrons. The minimum Gasteiger partial charge on any atom is -0.357 e. The lowest BCUT2D eigenvalue weighted by Crippen LogP contribution is -2.38. The Labute approximate surface area is 201 Å². The Morgan fingerprint density at radius 2 is 2.03 bits per heavy atom. The van der Waals surface area contributed by atoms with Crippen LogP contribution in [0.15, 0.2) is 48.1 Å². The van der Waals surface area contributed by atoms with Gasteiger partial charge in [-0.2, -0.15) is 10.2 Å². The number of nitrogens with one attached hydrogen (secondary N) is 1. The zero-order valence-corrected chi connectivity index (χ0v) is 21.3. The Bertz CT molecular complexity index is 962. The van der Waals surface area contributed by atoms with Gasteiger partial charge in [-0.3, -0.25) is 4.68 Å². The van der Waals surface area contributed by atoms with Gasteiger partial charge in [0, 0.05) is 38.9 Å². The third kappa shape index (κ3) is 7.05. The minimum absolute atomic E-state index is 0. The van der Waals surface area contributed by atoms with Crippen molar-refractivity contribution in [1.29, 1.82) is 0 Å². The predicted octanol–water partition coefficient (Wildman–Crippen LogP) is 3.40. The lowest BCUT2D eigenvalue weighted by molar-refractivity contribution is 0.473. The molecular formula is C22H33IN8. The molecule has 0 bridgehead atoms. The SMILES string of the molecule is CCNC(=NCc1cccc(Cn2cncn2)c1)N(C)Cc1cn(C)nc1C(C)C.I. The fourth-order valence-corrected chi connectivity index (χ4v) is 3.46. The van der Waals surface area contributed by atoms with Gasteiger partial charge in [-0.15, -0.1) is 24.0 Å². The molecule has 9 heteroatoms. The molecule has 1 aromatic carbocycles. The molecule has 31 heavy (non-hydrogen) atoms. The number of halogens is 1. The average Bonchev–Trinajstić information content (AvgIpc) is 3.34. The summed E-state index contributed by atoms with van der Waals surface area (Å²) in [4.78, 5) is 11.0. The lowest BCUT2D eigenvalue weighted by atomic mass is 10.1. The monoisotopic (exact) mass is 536 g/mol. The van der Waals surface area contributed by atoms with Gasteiger partial charge < -0.3 is 10.2 Å². The van der Waals surface area contributed by atoms with E-state index in [1.807, 2.05) is 16.4 Å². The smallest absolute Gasteiger partial charge is 0.194 e. The topological polar surface area (TPSA) is 76.2 Å². The first-order valence-electron chi connectivity index (χ1n) is 10.4. The summed E-state index contributed by atoms with van der Waals surface area (Å²) in [5.74, 6) is 1.28. The van der Waals surface area contributed by atoms with E-state index in [1.165, 1.54) is 16.7 Å². The summed E-state index contributed by atoms with van der Waals surface area (Å²) in [6.07, 6.45) is 5.38. The fraction of sp³-hybridized carbons (Fsp3) is 0.455. The molecule has 1 N–H and O–H groups in total. The van der Waals surface area contributed by atoms with Crippen LogP contribution in [-0.2, 0) is 26.7 Å². The molecule has 0 atom stereocenters. The van der Waals surface area contributed by atoms with Crippen molar-refractivity contribution in [2.24, 2.45) is 12.0 Å². The summed E-state index contributed by atoms with van der Waals surface area (Å²) in [6.45, 7) is 9.35. The van der Waals surface area contributed by atoms with Gasteiger partial charge in [0.25, 0.3) is 0 Å². The van der Waals surface area contributed by atoms with Gasteiger partial charge in [0.05, 0.1) is 18.8 Å². The number of aliphatic imine (C=N–C) groups is 1.